The standard InChI is InChI=1S/C7H7ClN2O/c1-5(10-11)6-2-3-9-7(8)4-6/h2-4,11H,1H3. The average molecular weight is 171 g/mol. The highest BCUT2D eigenvalue weighted by molar-refractivity contribution is 6.29. The third-order valence-electron chi connectivity index (χ3n) is 1.29. The van der Waals surface area contributed by atoms with Crippen LogP contribution in [0.5, 0.6) is 0 Å². The summed E-state index contributed by atoms with van der Waals surface area (Å²) in [6.07, 6.45) is 1.56. The Bertz CT molecular complexity index is 286. The molecule has 4 heteroatoms. The molecule has 11 heavy (non-hydrogen) atoms. The van der Waals surface area contributed by atoms with Gasteiger partial charge in [0.25, 0.3) is 0 Å². The fraction of sp³-hybridized carbons (Fsp3) is 0.143. The second-order valence-electron chi connectivity index (χ2n) is 2.05. The number of hydrogen-bond acceptors (Lipinski definition) is 3. The first-order valence-corrected chi connectivity index (χ1v) is 3.42. The summed E-state index contributed by atoms with van der Waals surface area (Å²) in [5.41, 5.74) is 1.29. The van der Waals surface area contributed by atoms with Gasteiger partial charge in [0.05, 0.1) is 5.71 Å². The van der Waals surface area contributed by atoms with Crippen LogP contribution in [0.25, 0.3) is 0 Å². The van der Waals surface area contributed by atoms with Gasteiger partial charge in [0.1, 0.15) is 5.15 Å². The van der Waals surface area contributed by atoms with Crippen LogP contribution in [-0.2, 0) is 0 Å². The third-order valence-corrected chi connectivity index (χ3v) is 1.50. The highest BCUT2D eigenvalue weighted by atomic mass is 35.5. The lowest BCUT2D eigenvalue weighted by atomic mass is 10.2. The molecule has 1 N–H and O–H groups in total. The van der Waals surface area contributed by atoms with Crippen LogP contribution in [0.4, 0.5) is 0 Å². The lowest BCUT2D eigenvalue weighted by Gasteiger charge is -1.96. The summed E-state index contributed by atoms with van der Waals surface area (Å²) in [5.74, 6) is 0. The second kappa shape index (κ2) is 3.34. The second-order valence-corrected chi connectivity index (χ2v) is 2.44. The van der Waals surface area contributed by atoms with E-state index in [1.165, 1.54) is 0 Å². The average Bonchev–Trinajstić information content (AvgIpc) is 2.03. The van der Waals surface area contributed by atoms with Crippen LogP contribution in [0, 0.1) is 0 Å². The molecule has 0 aliphatic heterocycles. The summed E-state index contributed by atoms with van der Waals surface area (Å²) in [5, 5.41) is 11.8. The zero-order valence-corrected chi connectivity index (χ0v) is 6.71. The number of nitrogens with zero attached hydrogens (tertiary/aromatic N) is 2. The molecule has 1 heterocycles. The van der Waals surface area contributed by atoms with Crippen molar-refractivity contribution in [2.24, 2.45) is 5.16 Å². The van der Waals surface area contributed by atoms with Crippen molar-refractivity contribution in [2.45, 2.75) is 6.92 Å². The Morgan fingerprint density at radius 3 is 3.00 bits per heavy atom. The van der Waals surface area contributed by atoms with E-state index in [9.17, 15) is 0 Å². The molecule has 0 radical (unpaired) electrons. The number of pyridine rings is 1. The minimum Gasteiger partial charge on any atom is -0.411 e. The molecule has 1 aromatic rings. The van der Waals surface area contributed by atoms with E-state index in [4.69, 9.17) is 16.8 Å². The van der Waals surface area contributed by atoms with Crippen LogP contribution < -0.4 is 0 Å². The molecule has 0 aromatic carbocycles. The lowest BCUT2D eigenvalue weighted by molar-refractivity contribution is 0.319. The van der Waals surface area contributed by atoms with E-state index in [0.29, 0.717) is 10.9 Å². The van der Waals surface area contributed by atoms with E-state index in [-0.39, 0.29) is 0 Å². The molecular formula is C7H7ClN2O. The predicted octanol–water partition coefficient (Wildman–Crippen LogP) is 1.93. The minimum absolute atomic E-state index is 0.394. The molecule has 0 spiro atoms. The highest BCUT2D eigenvalue weighted by Crippen LogP contribution is 2.07. The van der Waals surface area contributed by atoms with E-state index < -0.39 is 0 Å². The van der Waals surface area contributed by atoms with Gasteiger partial charge >= 0.3 is 0 Å². The lowest BCUT2D eigenvalue weighted by Crippen LogP contribution is -1.94. The van der Waals surface area contributed by atoms with Crippen LogP contribution in [0.15, 0.2) is 23.5 Å². The minimum atomic E-state index is 0.394. The Morgan fingerprint density at radius 2 is 2.45 bits per heavy atom. The van der Waals surface area contributed by atoms with Crippen LogP contribution >= 0.6 is 11.6 Å². The Balaban J connectivity index is 3.06. The summed E-state index contributed by atoms with van der Waals surface area (Å²) in [7, 11) is 0. The molecule has 0 amide bonds. The molecule has 0 fully saturated rings. The molecule has 0 atom stereocenters. The molecule has 0 aliphatic carbocycles. The monoisotopic (exact) mass is 170 g/mol. The maximum atomic E-state index is 8.40. The van der Waals surface area contributed by atoms with Gasteiger partial charge in [-0.05, 0) is 19.1 Å². The van der Waals surface area contributed by atoms with Gasteiger partial charge in [-0.25, -0.2) is 4.98 Å². The van der Waals surface area contributed by atoms with Gasteiger partial charge in [0, 0.05) is 11.8 Å². The summed E-state index contributed by atoms with van der Waals surface area (Å²) in [6.45, 7) is 1.69. The van der Waals surface area contributed by atoms with Crippen molar-refractivity contribution in [1.82, 2.24) is 4.98 Å². The van der Waals surface area contributed by atoms with Crippen molar-refractivity contribution in [3.8, 4) is 0 Å². The summed E-state index contributed by atoms with van der Waals surface area (Å²) < 4.78 is 0. The molecular weight excluding hydrogens is 164 g/mol. The van der Waals surface area contributed by atoms with Gasteiger partial charge in [-0.3, -0.25) is 0 Å². The number of aromatic nitrogens is 1. The van der Waals surface area contributed by atoms with E-state index in [0.717, 1.165) is 5.56 Å². The molecule has 0 unspecified atom stereocenters. The fourth-order valence-electron chi connectivity index (χ4n) is 0.685. The SMILES string of the molecule is CC(=NO)c1ccnc(Cl)c1. The molecule has 1 aromatic heterocycles. The van der Waals surface area contributed by atoms with Gasteiger partial charge in [-0.15, -0.1) is 0 Å². The first kappa shape index (κ1) is 8.01. The Hall–Kier alpha value is -1.09. The van der Waals surface area contributed by atoms with Crippen molar-refractivity contribution >= 4 is 17.3 Å². The topological polar surface area (TPSA) is 45.5 Å². The van der Waals surface area contributed by atoms with Crippen LogP contribution in [0.3, 0.4) is 0 Å². The van der Waals surface area contributed by atoms with E-state index in [1.54, 1.807) is 25.3 Å². The first-order valence-electron chi connectivity index (χ1n) is 3.04. The Labute approximate surface area is 69.3 Å². The molecule has 0 saturated heterocycles. The Kier molecular flexibility index (Phi) is 2.44. The van der Waals surface area contributed by atoms with Crippen molar-refractivity contribution in [1.29, 1.82) is 0 Å². The maximum absolute atomic E-state index is 8.40. The summed E-state index contributed by atoms with van der Waals surface area (Å²) >= 11 is 5.60. The smallest absolute Gasteiger partial charge is 0.129 e. The van der Waals surface area contributed by atoms with E-state index >= 15 is 0 Å². The fourth-order valence-corrected chi connectivity index (χ4v) is 0.859. The van der Waals surface area contributed by atoms with Crippen molar-refractivity contribution in [3.05, 3.63) is 29.0 Å². The zero-order chi connectivity index (χ0) is 8.27. The molecule has 0 saturated carbocycles. The maximum Gasteiger partial charge on any atom is 0.129 e. The number of oxime groups is 1. The van der Waals surface area contributed by atoms with Gasteiger partial charge < -0.3 is 5.21 Å². The predicted molar refractivity (Wildman–Crippen MR) is 43.2 cm³/mol. The number of hydrogen-bond donors (Lipinski definition) is 1. The molecule has 0 aliphatic rings. The highest BCUT2D eigenvalue weighted by Gasteiger charge is 1.97. The Morgan fingerprint density at radius 1 is 1.73 bits per heavy atom. The summed E-state index contributed by atoms with van der Waals surface area (Å²) in [4.78, 5) is 3.79. The molecule has 0 bridgehead atoms. The van der Waals surface area contributed by atoms with E-state index in [2.05, 4.69) is 10.1 Å². The van der Waals surface area contributed by atoms with Gasteiger partial charge in [-0.1, -0.05) is 16.8 Å². The van der Waals surface area contributed by atoms with Crippen molar-refractivity contribution in [3.63, 3.8) is 0 Å². The van der Waals surface area contributed by atoms with Gasteiger partial charge in [0.15, 0.2) is 0 Å². The van der Waals surface area contributed by atoms with Crippen molar-refractivity contribution < 1.29 is 5.21 Å². The van der Waals surface area contributed by atoms with E-state index in [1.807, 2.05) is 0 Å². The van der Waals surface area contributed by atoms with Crippen LogP contribution in [-0.4, -0.2) is 15.9 Å². The zero-order valence-electron chi connectivity index (χ0n) is 5.95. The number of rotatable bonds is 1. The normalized spacial score (nSPS) is 11.6. The van der Waals surface area contributed by atoms with Crippen LogP contribution in [0.2, 0.25) is 5.15 Å². The molecule has 3 nitrogen and oxygen atoms in total. The van der Waals surface area contributed by atoms with Crippen LogP contribution in [0.1, 0.15) is 12.5 Å². The largest absolute Gasteiger partial charge is 0.411 e. The van der Waals surface area contributed by atoms with Crippen molar-refractivity contribution in [2.75, 3.05) is 0 Å². The third kappa shape index (κ3) is 1.91. The molecule has 58 valence electrons. The summed E-state index contributed by atoms with van der Waals surface area (Å²) in [6, 6.07) is 3.36. The molecule has 1 rings (SSSR count). The quantitative estimate of drug-likeness (QED) is 0.303. The number of halogens is 1. The van der Waals surface area contributed by atoms with Gasteiger partial charge in [0.2, 0.25) is 0 Å². The first-order chi connectivity index (χ1) is 5.24. The van der Waals surface area contributed by atoms with Gasteiger partial charge in [-0.2, -0.15) is 0 Å².